The van der Waals surface area contributed by atoms with E-state index < -0.39 is 6.04 Å². The molecule has 2 aromatic rings. The number of nitrogens with one attached hydrogen (secondary N) is 3. The Bertz CT molecular complexity index is 929. The van der Waals surface area contributed by atoms with Gasteiger partial charge in [-0.2, -0.15) is 0 Å². The van der Waals surface area contributed by atoms with Crippen LogP contribution in [0.2, 0.25) is 0 Å². The van der Waals surface area contributed by atoms with Gasteiger partial charge in [0.15, 0.2) is 12.6 Å². The van der Waals surface area contributed by atoms with Crippen LogP contribution in [0.25, 0.3) is 0 Å². The molecule has 0 saturated carbocycles. The van der Waals surface area contributed by atoms with Crippen molar-refractivity contribution in [3.05, 3.63) is 48.5 Å². The number of hydrogen-bond donors (Lipinski definition) is 3. The van der Waals surface area contributed by atoms with E-state index in [1.165, 1.54) is 4.90 Å². The first-order chi connectivity index (χ1) is 14.4. The summed E-state index contributed by atoms with van der Waals surface area (Å²) in [5, 5.41) is 5.63. The van der Waals surface area contributed by atoms with Crippen molar-refractivity contribution in [2.24, 2.45) is 0 Å². The third-order valence-electron chi connectivity index (χ3n) is 5.24. The average molecular weight is 411 g/mol. The topological polar surface area (TPSA) is 92.2 Å². The molecule has 8 nitrogen and oxygen atoms in total. The summed E-state index contributed by atoms with van der Waals surface area (Å²) in [7, 11) is 1.58. The third-order valence-corrected chi connectivity index (χ3v) is 5.24. The Balaban J connectivity index is 1.67. The quantitative estimate of drug-likeness (QED) is 0.632. The van der Waals surface area contributed by atoms with Gasteiger partial charge in [-0.05, 0) is 50.2 Å². The lowest BCUT2D eigenvalue weighted by atomic mass is 10.1. The van der Waals surface area contributed by atoms with E-state index in [-0.39, 0.29) is 30.8 Å². The molecular weight excluding hydrogens is 384 g/mol. The maximum atomic E-state index is 13.2. The number of methoxy groups -OCH3 is 1. The number of carbonyl (C=O) groups is 3. The van der Waals surface area contributed by atoms with Crippen LogP contribution >= 0.6 is 0 Å². The van der Waals surface area contributed by atoms with Crippen LogP contribution < -0.4 is 25.2 Å². The highest BCUT2D eigenvalue weighted by molar-refractivity contribution is 6.10. The van der Waals surface area contributed by atoms with Gasteiger partial charge >= 0.3 is 0 Å². The summed E-state index contributed by atoms with van der Waals surface area (Å²) >= 11 is 0. The lowest BCUT2D eigenvalue weighted by Crippen LogP contribution is -3.17. The standard InChI is InChI=1S/C22H26N4O4/c1-4-25(13-20(27)23-16-9-11-17(30-3)12-10-16)15(2)22(29)26-14-21(28)24-18-7-5-6-8-19(18)26/h5-12,15H,4,13-14H2,1-3H3,(H,23,27)(H,24,28)/p+1/t15-/m0/s1. The van der Waals surface area contributed by atoms with Crippen molar-refractivity contribution in [2.75, 3.05) is 42.3 Å². The Kier molecular flexibility index (Phi) is 6.68. The Morgan fingerprint density at radius 3 is 2.57 bits per heavy atom. The third kappa shape index (κ3) is 4.77. The molecule has 0 fully saturated rings. The second-order valence-corrected chi connectivity index (χ2v) is 7.18. The van der Waals surface area contributed by atoms with Crippen LogP contribution in [-0.2, 0) is 14.4 Å². The fourth-order valence-corrected chi connectivity index (χ4v) is 3.51. The SMILES string of the molecule is CC[NH+](CC(=O)Nc1ccc(OC)cc1)[C@@H](C)C(=O)N1CC(=O)Nc2ccccc21. The molecule has 3 amide bonds. The fraction of sp³-hybridized carbons (Fsp3) is 0.318. The second kappa shape index (κ2) is 9.41. The Morgan fingerprint density at radius 2 is 1.90 bits per heavy atom. The van der Waals surface area contributed by atoms with Gasteiger partial charge in [0.2, 0.25) is 5.91 Å². The molecule has 0 aromatic heterocycles. The van der Waals surface area contributed by atoms with Gasteiger partial charge in [0.1, 0.15) is 12.3 Å². The van der Waals surface area contributed by atoms with Crippen molar-refractivity contribution < 1.29 is 24.0 Å². The van der Waals surface area contributed by atoms with Crippen LogP contribution in [0.5, 0.6) is 5.75 Å². The summed E-state index contributed by atoms with van der Waals surface area (Å²) in [6, 6.07) is 13.8. The predicted molar refractivity (Wildman–Crippen MR) is 115 cm³/mol. The molecule has 2 aromatic carbocycles. The maximum Gasteiger partial charge on any atom is 0.285 e. The molecule has 0 saturated heterocycles. The van der Waals surface area contributed by atoms with Crippen molar-refractivity contribution in [3.8, 4) is 5.75 Å². The van der Waals surface area contributed by atoms with E-state index in [2.05, 4.69) is 10.6 Å². The van der Waals surface area contributed by atoms with Crippen LogP contribution in [0.4, 0.5) is 17.1 Å². The summed E-state index contributed by atoms with van der Waals surface area (Å²) in [6.45, 7) is 4.41. The second-order valence-electron chi connectivity index (χ2n) is 7.18. The molecule has 3 rings (SSSR count). The molecule has 158 valence electrons. The number of fused-ring (bicyclic) bond motifs is 1. The van der Waals surface area contributed by atoms with Gasteiger partial charge in [-0.1, -0.05) is 12.1 Å². The number of anilines is 3. The van der Waals surface area contributed by atoms with E-state index in [4.69, 9.17) is 4.74 Å². The highest BCUT2D eigenvalue weighted by atomic mass is 16.5. The van der Waals surface area contributed by atoms with Crippen molar-refractivity contribution in [1.82, 2.24) is 0 Å². The minimum atomic E-state index is -0.490. The van der Waals surface area contributed by atoms with Gasteiger partial charge < -0.3 is 20.3 Å². The zero-order valence-electron chi connectivity index (χ0n) is 17.4. The first-order valence-corrected chi connectivity index (χ1v) is 9.91. The molecule has 0 bridgehead atoms. The molecular formula is C22H27N4O4+. The molecule has 1 heterocycles. The van der Waals surface area contributed by atoms with E-state index in [1.807, 2.05) is 19.1 Å². The highest BCUT2D eigenvalue weighted by Crippen LogP contribution is 2.29. The van der Waals surface area contributed by atoms with Gasteiger partial charge in [-0.25, -0.2) is 0 Å². The summed E-state index contributed by atoms with van der Waals surface area (Å²) < 4.78 is 5.12. The monoisotopic (exact) mass is 411 g/mol. The maximum absolute atomic E-state index is 13.2. The van der Waals surface area contributed by atoms with Gasteiger partial charge in [-0.15, -0.1) is 0 Å². The first kappa shape index (κ1) is 21.3. The first-order valence-electron chi connectivity index (χ1n) is 9.91. The number of rotatable bonds is 7. The van der Waals surface area contributed by atoms with E-state index in [0.29, 0.717) is 29.4 Å². The Morgan fingerprint density at radius 1 is 1.20 bits per heavy atom. The van der Waals surface area contributed by atoms with Gasteiger partial charge in [0.05, 0.1) is 25.0 Å². The smallest absolute Gasteiger partial charge is 0.285 e. The van der Waals surface area contributed by atoms with E-state index in [9.17, 15) is 14.4 Å². The van der Waals surface area contributed by atoms with Crippen LogP contribution in [-0.4, -0.2) is 50.5 Å². The fourth-order valence-electron chi connectivity index (χ4n) is 3.51. The van der Waals surface area contributed by atoms with E-state index in [0.717, 1.165) is 4.90 Å². The van der Waals surface area contributed by atoms with Crippen molar-refractivity contribution >= 4 is 34.8 Å². The molecule has 1 aliphatic rings. The van der Waals surface area contributed by atoms with E-state index >= 15 is 0 Å². The van der Waals surface area contributed by atoms with Crippen LogP contribution in [0.1, 0.15) is 13.8 Å². The molecule has 1 unspecified atom stereocenters. The molecule has 0 radical (unpaired) electrons. The zero-order chi connectivity index (χ0) is 21.7. The predicted octanol–water partition coefficient (Wildman–Crippen LogP) is 0.912. The average Bonchev–Trinajstić information content (AvgIpc) is 2.76. The molecule has 0 aliphatic carbocycles. The Hall–Kier alpha value is -3.39. The van der Waals surface area contributed by atoms with E-state index in [1.54, 1.807) is 50.4 Å². The van der Waals surface area contributed by atoms with Gasteiger partial charge in [-0.3, -0.25) is 19.3 Å². The molecule has 2 atom stereocenters. The number of ether oxygens (including phenoxy) is 1. The summed E-state index contributed by atoms with van der Waals surface area (Å²) in [5.74, 6) is 0.100. The number of hydrogen-bond acceptors (Lipinski definition) is 4. The van der Waals surface area contributed by atoms with Crippen molar-refractivity contribution in [2.45, 2.75) is 19.9 Å². The normalized spacial score (nSPS) is 14.9. The highest BCUT2D eigenvalue weighted by Gasteiger charge is 2.34. The van der Waals surface area contributed by atoms with Crippen molar-refractivity contribution in [1.29, 1.82) is 0 Å². The largest absolute Gasteiger partial charge is 0.497 e. The number of nitrogens with zero attached hydrogens (tertiary/aromatic N) is 1. The van der Waals surface area contributed by atoms with Gasteiger partial charge in [0, 0.05) is 5.69 Å². The number of benzene rings is 2. The minimum Gasteiger partial charge on any atom is -0.497 e. The molecule has 0 spiro atoms. The summed E-state index contributed by atoms with van der Waals surface area (Å²) in [4.78, 5) is 40.1. The van der Waals surface area contributed by atoms with Gasteiger partial charge in [0.25, 0.3) is 11.8 Å². The lowest BCUT2D eigenvalue weighted by Gasteiger charge is -2.33. The molecule has 8 heteroatoms. The van der Waals surface area contributed by atoms with Crippen LogP contribution in [0.3, 0.4) is 0 Å². The van der Waals surface area contributed by atoms with Crippen LogP contribution in [0.15, 0.2) is 48.5 Å². The summed E-state index contributed by atoms with van der Waals surface area (Å²) in [5.41, 5.74) is 1.95. The minimum absolute atomic E-state index is 0.0325. The number of quaternary nitrogens is 1. The van der Waals surface area contributed by atoms with Crippen LogP contribution in [0, 0.1) is 0 Å². The zero-order valence-corrected chi connectivity index (χ0v) is 17.4. The molecule has 1 aliphatic heterocycles. The number of amides is 3. The Labute approximate surface area is 175 Å². The summed E-state index contributed by atoms with van der Waals surface area (Å²) in [6.07, 6.45) is 0. The number of carbonyl (C=O) groups excluding carboxylic acids is 3. The number of para-hydroxylation sites is 2. The number of likely N-dealkylation sites (N-methyl/N-ethyl adjacent to an activating group) is 1. The lowest BCUT2D eigenvalue weighted by molar-refractivity contribution is -0.904. The molecule has 3 N–H and O–H groups in total. The molecule has 30 heavy (non-hydrogen) atoms. The van der Waals surface area contributed by atoms with Crippen molar-refractivity contribution in [3.63, 3.8) is 0 Å².